The Kier molecular flexibility index (Phi) is 5.00. The van der Waals surface area contributed by atoms with Crippen molar-refractivity contribution in [3.05, 3.63) is 46.2 Å². The molecule has 3 rings (SSSR count). The molecular formula is C17H18N2O4S. The number of hydrogen-bond acceptors (Lipinski definition) is 5. The van der Waals surface area contributed by atoms with Crippen LogP contribution in [0, 0.1) is 0 Å². The number of benzene rings is 1. The Bertz CT molecular complexity index is 730. The summed E-state index contributed by atoms with van der Waals surface area (Å²) >= 11 is 1.52. The van der Waals surface area contributed by atoms with Crippen LogP contribution >= 0.6 is 11.3 Å². The molecule has 0 radical (unpaired) electrons. The first-order valence-corrected chi connectivity index (χ1v) is 8.45. The molecule has 1 aromatic carbocycles. The fraction of sp³-hybridized carbons (Fsp3) is 0.294. The van der Waals surface area contributed by atoms with E-state index in [1.807, 2.05) is 35.7 Å². The van der Waals surface area contributed by atoms with Gasteiger partial charge in [0.15, 0.2) is 11.5 Å². The molecule has 1 aliphatic heterocycles. The van der Waals surface area contributed by atoms with Crippen LogP contribution in [0.25, 0.3) is 0 Å². The van der Waals surface area contributed by atoms with E-state index < -0.39 is 0 Å². The third-order valence-electron chi connectivity index (χ3n) is 3.58. The van der Waals surface area contributed by atoms with E-state index >= 15 is 0 Å². The minimum atomic E-state index is -0.306. The Morgan fingerprint density at radius 3 is 2.83 bits per heavy atom. The summed E-state index contributed by atoms with van der Waals surface area (Å²) < 4.78 is 10.6. The van der Waals surface area contributed by atoms with Gasteiger partial charge in [0.1, 0.15) is 0 Å². The maximum atomic E-state index is 12.2. The second-order valence-electron chi connectivity index (χ2n) is 5.44. The van der Waals surface area contributed by atoms with E-state index in [2.05, 4.69) is 10.6 Å². The van der Waals surface area contributed by atoms with Gasteiger partial charge in [-0.25, -0.2) is 0 Å². The predicted octanol–water partition coefficient (Wildman–Crippen LogP) is 2.36. The fourth-order valence-corrected chi connectivity index (χ4v) is 3.24. The molecule has 0 spiro atoms. The van der Waals surface area contributed by atoms with Crippen LogP contribution < -0.4 is 20.1 Å². The van der Waals surface area contributed by atoms with Crippen molar-refractivity contribution in [3.8, 4) is 11.5 Å². The van der Waals surface area contributed by atoms with Gasteiger partial charge < -0.3 is 20.1 Å². The number of fused-ring (bicyclic) bond motifs is 1. The van der Waals surface area contributed by atoms with Crippen molar-refractivity contribution < 1.29 is 19.1 Å². The highest BCUT2D eigenvalue weighted by atomic mass is 32.1. The zero-order chi connectivity index (χ0) is 16.9. The minimum absolute atomic E-state index is 0.125. The Balaban J connectivity index is 1.57. The molecule has 126 valence electrons. The van der Waals surface area contributed by atoms with Crippen LogP contribution in [-0.4, -0.2) is 18.6 Å². The molecule has 1 atom stereocenters. The molecule has 24 heavy (non-hydrogen) atoms. The Morgan fingerprint density at radius 1 is 1.25 bits per heavy atom. The van der Waals surface area contributed by atoms with Crippen LogP contribution in [0.4, 0.5) is 0 Å². The third kappa shape index (κ3) is 4.05. The first-order chi connectivity index (χ1) is 11.6. The third-order valence-corrected chi connectivity index (χ3v) is 4.57. The topological polar surface area (TPSA) is 76.7 Å². The van der Waals surface area contributed by atoms with Gasteiger partial charge in [0, 0.05) is 18.3 Å². The second kappa shape index (κ2) is 7.35. The van der Waals surface area contributed by atoms with Crippen LogP contribution in [0.1, 0.15) is 29.8 Å². The van der Waals surface area contributed by atoms with Crippen LogP contribution in [0.2, 0.25) is 0 Å². The van der Waals surface area contributed by atoms with Crippen molar-refractivity contribution in [1.29, 1.82) is 0 Å². The summed E-state index contributed by atoms with van der Waals surface area (Å²) in [4.78, 5) is 24.5. The molecule has 2 heterocycles. The van der Waals surface area contributed by atoms with E-state index in [0.29, 0.717) is 18.0 Å². The first kappa shape index (κ1) is 16.3. The first-order valence-electron chi connectivity index (χ1n) is 7.57. The lowest BCUT2D eigenvalue weighted by atomic mass is 10.1. The van der Waals surface area contributed by atoms with E-state index in [4.69, 9.17) is 9.47 Å². The molecule has 0 fully saturated rings. The number of carbonyl (C=O) groups excluding carboxylic acids is 2. The number of rotatable bonds is 6. The van der Waals surface area contributed by atoms with Gasteiger partial charge in [0.05, 0.1) is 12.5 Å². The summed E-state index contributed by atoms with van der Waals surface area (Å²) in [6.45, 7) is 2.07. The molecule has 2 aromatic rings. The lowest BCUT2D eigenvalue weighted by Crippen LogP contribution is -2.32. The number of hydrogen-bond donors (Lipinski definition) is 2. The molecule has 6 nitrogen and oxygen atoms in total. The molecule has 2 amide bonds. The van der Waals surface area contributed by atoms with Crippen LogP contribution in [0.15, 0.2) is 35.7 Å². The van der Waals surface area contributed by atoms with Gasteiger partial charge in [0.25, 0.3) is 0 Å². The number of nitrogens with one attached hydrogen (secondary N) is 2. The van der Waals surface area contributed by atoms with Crippen LogP contribution in [0.5, 0.6) is 11.5 Å². The highest BCUT2D eigenvalue weighted by molar-refractivity contribution is 7.10. The lowest BCUT2D eigenvalue weighted by molar-refractivity contribution is -0.122. The van der Waals surface area contributed by atoms with Gasteiger partial charge in [-0.3, -0.25) is 9.59 Å². The van der Waals surface area contributed by atoms with E-state index in [1.54, 1.807) is 0 Å². The summed E-state index contributed by atoms with van der Waals surface area (Å²) in [6.07, 6.45) is 0.199. The average Bonchev–Trinajstić information content (AvgIpc) is 3.22. The summed E-state index contributed by atoms with van der Waals surface area (Å²) in [5.74, 6) is 1.13. The normalized spacial score (nSPS) is 13.4. The van der Waals surface area contributed by atoms with Crippen molar-refractivity contribution in [2.45, 2.75) is 25.9 Å². The maximum Gasteiger partial charge on any atom is 0.231 e. The van der Waals surface area contributed by atoms with Crippen molar-refractivity contribution in [2.75, 3.05) is 6.79 Å². The van der Waals surface area contributed by atoms with Gasteiger partial charge in [-0.05, 0) is 29.1 Å². The zero-order valence-corrected chi connectivity index (χ0v) is 14.0. The maximum absolute atomic E-state index is 12.2. The highest BCUT2D eigenvalue weighted by Gasteiger charge is 2.18. The summed E-state index contributed by atoms with van der Waals surface area (Å²) in [5.41, 5.74) is 0.930. The van der Waals surface area contributed by atoms with Crippen molar-refractivity contribution >= 4 is 23.2 Å². The quantitative estimate of drug-likeness (QED) is 0.842. The summed E-state index contributed by atoms with van der Waals surface area (Å²) in [7, 11) is 0. The average molecular weight is 346 g/mol. The molecule has 0 saturated carbocycles. The molecule has 2 N–H and O–H groups in total. The predicted molar refractivity (Wildman–Crippen MR) is 89.9 cm³/mol. The van der Waals surface area contributed by atoms with Gasteiger partial charge in [-0.2, -0.15) is 0 Å². The van der Waals surface area contributed by atoms with Crippen molar-refractivity contribution in [2.24, 2.45) is 0 Å². The Hall–Kier alpha value is -2.54. The van der Waals surface area contributed by atoms with E-state index in [0.717, 1.165) is 10.4 Å². The number of carbonyl (C=O) groups is 2. The molecule has 0 aliphatic carbocycles. The second-order valence-corrected chi connectivity index (χ2v) is 6.42. The summed E-state index contributed by atoms with van der Waals surface area (Å²) in [5, 5.41) is 7.62. The van der Waals surface area contributed by atoms with Gasteiger partial charge in [0.2, 0.25) is 18.6 Å². The molecule has 0 bridgehead atoms. The smallest absolute Gasteiger partial charge is 0.231 e. The molecule has 7 heteroatoms. The largest absolute Gasteiger partial charge is 0.454 e. The van der Waals surface area contributed by atoms with Gasteiger partial charge >= 0.3 is 0 Å². The minimum Gasteiger partial charge on any atom is -0.454 e. The molecular weight excluding hydrogens is 328 g/mol. The van der Waals surface area contributed by atoms with Crippen LogP contribution in [-0.2, 0) is 16.1 Å². The van der Waals surface area contributed by atoms with E-state index in [-0.39, 0.29) is 31.1 Å². The SMILES string of the molecule is CC(=O)N[C@H](CC(=O)NCc1ccc2c(c1)OCO2)c1cccs1. The Morgan fingerprint density at radius 2 is 2.08 bits per heavy atom. The van der Waals surface area contributed by atoms with Crippen molar-refractivity contribution in [1.82, 2.24) is 10.6 Å². The van der Waals surface area contributed by atoms with Crippen molar-refractivity contribution in [3.63, 3.8) is 0 Å². The molecule has 0 unspecified atom stereocenters. The number of thiophene rings is 1. The molecule has 1 aromatic heterocycles. The monoisotopic (exact) mass is 346 g/mol. The highest BCUT2D eigenvalue weighted by Crippen LogP contribution is 2.32. The van der Waals surface area contributed by atoms with E-state index in [1.165, 1.54) is 18.3 Å². The lowest BCUT2D eigenvalue weighted by Gasteiger charge is -2.16. The summed E-state index contributed by atoms with van der Waals surface area (Å²) in [6, 6.07) is 9.08. The van der Waals surface area contributed by atoms with Gasteiger partial charge in [-0.15, -0.1) is 11.3 Å². The van der Waals surface area contributed by atoms with E-state index in [9.17, 15) is 9.59 Å². The van der Waals surface area contributed by atoms with Crippen LogP contribution in [0.3, 0.4) is 0 Å². The Labute approximate surface area is 143 Å². The number of ether oxygens (including phenoxy) is 2. The zero-order valence-electron chi connectivity index (χ0n) is 13.2. The molecule has 0 saturated heterocycles. The van der Waals surface area contributed by atoms with Gasteiger partial charge in [-0.1, -0.05) is 12.1 Å². The molecule has 1 aliphatic rings. The fourth-order valence-electron chi connectivity index (χ4n) is 2.47. The number of amides is 2. The standard InChI is InChI=1S/C17H18N2O4S/c1-11(20)19-13(16-3-2-6-24-16)8-17(21)18-9-12-4-5-14-15(7-12)23-10-22-14/h2-7,13H,8-10H2,1H3,(H,18,21)(H,19,20)/t13-/m1/s1.